The first-order valence-electron chi connectivity index (χ1n) is 9.39. The van der Waals surface area contributed by atoms with Gasteiger partial charge in [-0.25, -0.2) is 0 Å². The number of alkyl halides is 3. The van der Waals surface area contributed by atoms with E-state index < -0.39 is 36.9 Å². The van der Waals surface area contributed by atoms with Gasteiger partial charge < -0.3 is 30.0 Å². The fourth-order valence-corrected chi connectivity index (χ4v) is 3.77. The lowest BCUT2D eigenvalue weighted by Gasteiger charge is -2.37. The summed E-state index contributed by atoms with van der Waals surface area (Å²) in [5.74, 6) is -0.788. The van der Waals surface area contributed by atoms with Crippen LogP contribution in [0.4, 0.5) is 18.9 Å². The molecule has 30 heavy (non-hydrogen) atoms. The smallest absolute Gasteiger partial charge is 0.405 e. The van der Waals surface area contributed by atoms with Gasteiger partial charge in [0.25, 0.3) is 0 Å². The lowest BCUT2D eigenvalue weighted by molar-refractivity contribution is -0.149. The highest BCUT2D eigenvalue weighted by molar-refractivity contribution is 5.91. The van der Waals surface area contributed by atoms with Crippen molar-refractivity contribution < 1.29 is 42.1 Å². The molecule has 3 N–H and O–H groups in total. The molecule has 1 aromatic rings. The number of ether oxygens (including phenoxy) is 3. The van der Waals surface area contributed by atoms with Crippen molar-refractivity contribution in [2.45, 2.75) is 43.2 Å². The minimum atomic E-state index is -4.50. The predicted octanol–water partition coefficient (Wildman–Crippen LogP) is 1.33. The normalized spacial score (nSPS) is 25.1. The third-order valence-corrected chi connectivity index (χ3v) is 4.96. The number of carbonyl (C=O) groups is 2. The van der Waals surface area contributed by atoms with Gasteiger partial charge in [-0.15, -0.1) is 0 Å². The summed E-state index contributed by atoms with van der Waals surface area (Å²) in [6.45, 7) is -1.88. The van der Waals surface area contributed by atoms with E-state index in [0.717, 1.165) is 5.56 Å². The number of rotatable bonds is 7. The van der Waals surface area contributed by atoms with Crippen molar-refractivity contribution in [1.29, 1.82) is 0 Å². The monoisotopic (exact) mass is 432 g/mol. The van der Waals surface area contributed by atoms with Crippen molar-refractivity contribution >= 4 is 17.5 Å². The Morgan fingerprint density at radius 1 is 1.30 bits per heavy atom. The third-order valence-electron chi connectivity index (χ3n) is 4.96. The number of aliphatic hydroxyl groups is 1. The number of amides is 2. The first-order chi connectivity index (χ1) is 14.2. The molecule has 2 aliphatic rings. The van der Waals surface area contributed by atoms with Gasteiger partial charge in [0, 0.05) is 24.3 Å². The number of benzene rings is 1. The fraction of sp³-hybridized carbons (Fsp3) is 0.579. The maximum Gasteiger partial charge on any atom is 0.405 e. The topological polar surface area (TPSA) is 106 Å². The molecule has 4 atom stereocenters. The molecule has 0 aromatic heterocycles. The Morgan fingerprint density at radius 3 is 2.73 bits per heavy atom. The number of anilines is 1. The Labute approximate surface area is 170 Å². The van der Waals surface area contributed by atoms with Gasteiger partial charge in [-0.05, 0) is 24.6 Å². The average molecular weight is 432 g/mol. The van der Waals surface area contributed by atoms with Gasteiger partial charge in [0.2, 0.25) is 11.8 Å². The number of nitrogens with one attached hydrogen (secondary N) is 2. The molecule has 0 aliphatic carbocycles. The van der Waals surface area contributed by atoms with E-state index in [1.807, 2.05) is 5.32 Å². The van der Waals surface area contributed by atoms with Crippen LogP contribution in [0, 0.1) is 0 Å². The summed E-state index contributed by atoms with van der Waals surface area (Å²) in [4.78, 5) is 23.6. The number of halogens is 3. The quantitative estimate of drug-likeness (QED) is 0.601. The molecule has 3 rings (SSSR count). The summed E-state index contributed by atoms with van der Waals surface area (Å²) in [7, 11) is 1.41. The molecule has 0 radical (unpaired) electrons. The number of methoxy groups -OCH3 is 1. The molecular weight excluding hydrogens is 409 g/mol. The third kappa shape index (κ3) is 5.41. The number of aliphatic hydroxyl groups excluding tert-OH is 1. The number of carbonyl (C=O) groups excluding carboxylic acids is 2. The molecule has 0 spiro atoms. The van der Waals surface area contributed by atoms with Crippen LogP contribution in [0.1, 0.15) is 24.3 Å². The van der Waals surface area contributed by atoms with Gasteiger partial charge in [0.05, 0.1) is 19.1 Å². The highest BCUT2D eigenvalue weighted by atomic mass is 19.4. The SMILES string of the molecule is COCC(=O)Nc1ccc2c(c1)[C@@H]1C[C@H](CC(=O)NCC(F)(F)F)O[C@H](CO)[C@@H]1O2. The molecule has 11 heteroatoms. The van der Waals surface area contributed by atoms with Crippen molar-refractivity contribution in [3.63, 3.8) is 0 Å². The molecule has 1 aromatic carbocycles. The summed E-state index contributed by atoms with van der Waals surface area (Å²) in [5.41, 5.74) is 1.31. The zero-order chi connectivity index (χ0) is 21.9. The lowest BCUT2D eigenvalue weighted by atomic mass is 9.84. The lowest BCUT2D eigenvalue weighted by Crippen LogP contribution is -2.47. The van der Waals surface area contributed by atoms with Crippen molar-refractivity contribution in [3.05, 3.63) is 23.8 Å². The number of fused-ring (bicyclic) bond motifs is 3. The Balaban J connectivity index is 1.71. The molecule has 1 saturated heterocycles. The van der Waals surface area contributed by atoms with Crippen LogP contribution in [0.15, 0.2) is 18.2 Å². The highest BCUT2D eigenvalue weighted by Crippen LogP contribution is 2.47. The summed E-state index contributed by atoms with van der Waals surface area (Å²) in [5, 5.41) is 14.2. The Hall–Kier alpha value is -2.37. The van der Waals surface area contributed by atoms with E-state index in [0.29, 0.717) is 17.9 Å². The first-order valence-corrected chi connectivity index (χ1v) is 9.39. The van der Waals surface area contributed by atoms with Gasteiger partial charge in [0.1, 0.15) is 31.1 Å². The largest absolute Gasteiger partial charge is 0.487 e. The summed E-state index contributed by atoms with van der Waals surface area (Å²) in [6.07, 6.45) is -6.35. The summed E-state index contributed by atoms with van der Waals surface area (Å²) in [6, 6.07) is 5.10. The molecule has 8 nitrogen and oxygen atoms in total. The van der Waals surface area contributed by atoms with Crippen molar-refractivity contribution in [2.75, 3.05) is 32.2 Å². The van der Waals surface area contributed by atoms with E-state index in [9.17, 15) is 27.9 Å². The van der Waals surface area contributed by atoms with Crippen LogP contribution in [0.5, 0.6) is 5.75 Å². The second-order valence-electron chi connectivity index (χ2n) is 7.23. The van der Waals surface area contributed by atoms with Crippen LogP contribution >= 0.6 is 0 Å². The van der Waals surface area contributed by atoms with E-state index in [1.54, 1.807) is 18.2 Å². The van der Waals surface area contributed by atoms with E-state index in [-0.39, 0.29) is 31.5 Å². The predicted molar refractivity (Wildman–Crippen MR) is 98.2 cm³/mol. The standard InChI is InChI=1S/C19H23F3N2O6/c1-28-8-17(27)24-10-2-3-14-12(4-10)13-5-11(29-15(7-25)18(13)30-14)6-16(26)23-9-19(20,21)22/h2-4,11,13,15,18,25H,5-9H2,1H3,(H,23,26)(H,24,27)/t11-,13+,15-,18-/m1/s1. The maximum absolute atomic E-state index is 12.3. The summed E-state index contributed by atoms with van der Waals surface area (Å²) < 4.78 is 53.3. The van der Waals surface area contributed by atoms with E-state index in [1.165, 1.54) is 7.11 Å². The van der Waals surface area contributed by atoms with Gasteiger partial charge in [-0.3, -0.25) is 9.59 Å². The van der Waals surface area contributed by atoms with Crippen LogP contribution in [0.2, 0.25) is 0 Å². The molecule has 0 saturated carbocycles. The Morgan fingerprint density at radius 2 is 2.07 bits per heavy atom. The Bertz CT molecular complexity index is 788. The molecule has 2 aliphatic heterocycles. The first kappa shape index (κ1) is 22.3. The van der Waals surface area contributed by atoms with Crippen LogP contribution in [0.25, 0.3) is 0 Å². The highest BCUT2D eigenvalue weighted by Gasteiger charge is 2.46. The zero-order valence-electron chi connectivity index (χ0n) is 16.2. The zero-order valence-corrected chi connectivity index (χ0v) is 16.2. The van der Waals surface area contributed by atoms with E-state index >= 15 is 0 Å². The van der Waals surface area contributed by atoms with Crippen molar-refractivity contribution in [3.8, 4) is 5.75 Å². The molecule has 2 heterocycles. The van der Waals surface area contributed by atoms with E-state index in [4.69, 9.17) is 14.2 Å². The molecule has 0 unspecified atom stereocenters. The average Bonchev–Trinajstić information content (AvgIpc) is 3.03. The van der Waals surface area contributed by atoms with Crippen molar-refractivity contribution in [1.82, 2.24) is 5.32 Å². The van der Waals surface area contributed by atoms with Crippen LogP contribution in [-0.2, 0) is 19.1 Å². The van der Waals surface area contributed by atoms with Gasteiger partial charge >= 0.3 is 6.18 Å². The molecule has 2 amide bonds. The van der Waals surface area contributed by atoms with Crippen LogP contribution in [-0.4, -0.2) is 68.3 Å². The number of hydrogen-bond donors (Lipinski definition) is 3. The Kier molecular flexibility index (Phi) is 6.84. The molecule has 166 valence electrons. The minimum Gasteiger partial charge on any atom is -0.487 e. The van der Waals surface area contributed by atoms with Crippen LogP contribution < -0.4 is 15.4 Å². The molecule has 0 bridgehead atoms. The van der Waals surface area contributed by atoms with Crippen LogP contribution in [0.3, 0.4) is 0 Å². The van der Waals surface area contributed by atoms with Gasteiger partial charge in [-0.2, -0.15) is 13.2 Å². The molecular formula is C19H23F3N2O6. The molecule has 1 fully saturated rings. The fourth-order valence-electron chi connectivity index (χ4n) is 3.77. The van der Waals surface area contributed by atoms with E-state index in [2.05, 4.69) is 5.32 Å². The van der Waals surface area contributed by atoms with Gasteiger partial charge in [-0.1, -0.05) is 0 Å². The number of hydrogen-bond acceptors (Lipinski definition) is 6. The second-order valence-corrected chi connectivity index (χ2v) is 7.23. The van der Waals surface area contributed by atoms with Gasteiger partial charge in [0.15, 0.2) is 0 Å². The van der Waals surface area contributed by atoms with Crippen molar-refractivity contribution in [2.24, 2.45) is 0 Å². The summed E-state index contributed by atoms with van der Waals surface area (Å²) >= 11 is 0. The minimum absolute atomic E-state index is 0.102. The maximum atomic E-state index is 12.3. The second kappa shape index (κ2) is 9.19.